The molecule has 3 aliphatic carbocycles. The van der Waals surface area contributed by atoms with Gasteiger partial charge in [0, 0.05) is 5.92 Å². The molecule has 0 bridgehead atoms. The minimum atomic E-state index is -3.92. The van der Waals surface area contributed by atoms with Gasteiger partial charge in [0.15, 0.2) is 17.8 Å². The number of alkyl halides is 3. The summed E-state index contributed by atoms with van der Waals surface area (Å²) in [6.45, 7) is 0. The molecule has 0 radical (unpaired) electrons. The van der Waals surface area contributed by atoms with Crippen molar-refractivity contribution >= 4 is 0 Å². The first-order chi connectivity index (χ1) is 9.36. The van der Waals surface area contributed by atoms with Gasteiger partial charge >= 0.3 is 0 Å². The number of hydrogen-bond donors (Lipinski definition) is 0. The van der Waals surface area contributed by atoms with Crippen LogP contribution in [0.4, 0.5) is 26.3 Å². The molecule has 0 aromatic carbocycles. The van der Waals surface area contributed by atoms with E-state index >= 15 is 0 Å². The second-order valence-electron chi connectivity index (χ2n) is 5.80. The molecule has 1 fully saturated rings. The van der Waals surface area contributed by atoms with E-state index in [9.17, 15) is 26.3 Å². The maximum atomic E-state index is 14.9. The third-order valence-electron chi connectivity index (χ3n) is 4.83. The molecule has 112 valence electrons. The second-order valence-corrected chi connectivity index (χ2v) is 5.80. The van der Waals surface area contributed by atoms with E-state index in [-0.39, 0.29) is 18.4 Å². The topological polar surface area (TPSA) is 0 Å². The van der Waals surface area contributed by atoms with E-state index in [2.05, 4.69) is 0 Å². The molecule has 0 unspecified atom stereocenters. The average Bonchev–Trinajstić information content (AvgIpc) is 2.63. The van der Waals surface area contributed by atoms with Gasteiger partial charge in [-0.3, -0.25) is 0 Å². The molecule has 0 heterocycles. The lowest BCUT2D eigenvalue weighted by Gasteiger charge is -2.34. The molecule has 3 aliphatic rings. The van der Waals surface area contributed by atoms with Gasteiger partial charge in [0.1, 0.15) is 5.83 Å². The van der Waals surface area contributed by atoms with Crippen LogP contribution < -0.4 is 0 Å². The van der Waals surface area contributed by atoms with Crippen LogP contribution in [0.25, 0.3) is 0 Å². The normalized spacial score (nSPS) is 45.3. The first-order valence-electron chi connectivity index (χ1n) is 6.83. The Morgan fingerprint density at radius 3 is 2.25 bits per heavy atom. The minimum Gasteiger partial charge on any atom is -0.236 e. The standard InChI is InChI=1S/C14H14F6/c15-9-11(17)13(19)8-6-4-2-1-3-5-7(8)10(16)14(13,20)12(9)18/h8,11H,1-6H2/t8-,11-,13-,14+/m0/s1. The van der Waals surface area contributed by atoms with Gasteiger partial charge in [0.2, 0.25) is 5.67 Å². The van der Waals surface area contributed by atoms with Crippen molar-refractivity contribution in [2.45, 2.75) is 56.0 Å². The van der Waals surface area contributed by atoms with Gasteiger partial charge in [-0.1, -0.05) is 19.3 Å². The molecule has 0 aromatic heterocycles. The van der Waals surface area contributed by atoms with Crippen LogP contribution in [0, 0.1) is 5.92 Å². The zero-order valence-electron chi connectivity index (χ0n) is 10.7. The number of hydrogen-bond acceptors (Lipinski definition) is 0. The lowest BCUT2D eigenvalue weighted by molar-refractivity contribution is -0.0577. The Kier molecular flexibility index (Phi) is 3.00. The zero-order chi connectivity index (χ0) is 14.7. The van der Waals surface area contributed by atoms with Crippen LogP contribution in [0.1, 0.15) is 38.5 Å². The molecule has 4 atom stereocenters. The summed E-state index contributed by atoms with van der Waals surface area (Å²) >= 11 is 0. The molecular weight excluding hydrogens is 282 g/mol. The van der Waals surface area contributed by atoms with E-state index in [1.165, 1.54) is 0 Å². The SMILES string of the molecule is FC1=C(F)[C@]2(F)C(F)=C3CCCCCC[C@@H]3[C@]2(F)[C@H]1F. The molecule has 0 aliphatic heterocycles. The monoisotopic (exact) mass is 296 g/mol. The quantitative estimate of drug-likeness (QED) is 0.545. The van der Waals surface area contributed by atoms with E-state index < -0.39 is 40.9 Å². The van der Waals surface area contributed by atoms with Crippen molar-refractivity contribution < 1.29 is 26.3 Å². The molecule has 0 amide bonds. The lowest BCUT2D eigenvalue weighted by atomic mass is 9.76. The van der Waals surface area contributed by atoms with Crippen molar-refractivity contribution in [3.63, 3.8) is 0 Å². The Bertz CT molecular complexity index is 510. The first-order valence-corrected chi connectivity index (χ1v) is 6.83. The number of halogens is 6. The highest BCUT2D eigenvalue weighted by molar-refractivity contribution is 5.52. The summed E-state index contributed by atoms with van der Waals surface area (Å²) in [6, 6.07) is 0. The molecule has 0 spiro atoms. The molecule has 0 nitrogen and oxygen atoms in total. The Hall–Kier alpha value is -0.940. The van der Waals surface area contributed by atoms with Crippen molar-refractivity contribution in [3.05, 3.63) is 23.1 Å². The van der Waals surface area contributed by atoms with Crippen LogP contribution in [0.3, 0.4) is 0 Å². The van der Waals surface area contributed by atoms with Gasteiger partial charge in [-0.15, -0.1) is 0 Å². The van der Waals surface area contributed by atoms with Crippen LogP contribution in [-0.2, 0) is 0 Å². The van der Waals surface area contributed by atoms with Gasteiger partial charge in [0.25, 0.3) is 5.67 Å². The van der Waals surface area contributed by atoms with Gasteiger partial charge in [0.05, 0.1) is 0 Å². The molecular formula is C14H14F6. The minimum absolute atomic E-state index is 0.00586. The van der Waals surface area contributed by atoms with Crippen molar-refractivity contribution in [2.24, 2.45) is 5.92 Å². The number of allylic oxidation sites excluding steroid dienone is 4. The van der Waals surface area contributed by atoms with Crippen LogP contribution in [0.2, 0.25) is 0 Å². The van der Waals surface area contributed by atoms with Crippen LogP contribution >= 0.6 is 0 Å². The summed E-state index contributed by atoms with van der Waals surface area (Å²) in [5, 5.41) is 0. The summed E-state index contributed by atoms with van der Waals surface area (Å²) < 4.78 is 84.5. The van der Waals surface area contributed by atoms with Crippen molar-refractivity contribution in [3.8, 4) is 0 Å². The molecule has 0 N–H and O–H groups in total. The molecule has 20 heavy (non-hydrogen) atoms. The van der Waals surface area contributed by atoms with E-state index in [0.717, 1.165) is 12.8 Å². The number of fused-ring (bicyclic) bond motifs is 3. The Morgan fingerprint density at radius 2 is 1.55 bits per heavy atom. The van der Waals surface area contributed by atoms with Crippen molar-refractivity contribution in [1.82, 2.24) is 0 Å². The largest absolute Gasteiger partial charge is 0.252 e. The van der Waals surface area contributed by atoms with Gasteiger partial charge in [-0.25, -0.2) is 26.3 Å². The predicted octanol–water partition coefficient (Wildman–Crippen LogP) is 5.11. The Morgan fingerprint density at radius 1 is 0.900 bits per heavy atom. The third-order valence-corrected chi connectivity index (χ3v) is 4.83. The fraction of sp³-hybridized carbons (Fsp3) is 0.714. The van der Waals surface area contributed by atoms with Crippen LogP contribution in [0.5, 0.6) is 0 Å². The third kappa shape index (κ3) is 1.35. The van der Waals surface area contributed by atoms with E-state index in [4.69, 9.17) is 0 Å². The fourth-order valence-corrected chi connectivity index (χ4v) is 3.80. The maximum Gasteiger partial charge on any atom is 0.252 e. The highest BCUT2D eigenvalue weighted by atomic mass is 19.2. The summed E-state index contributed by atoms with van der Waals surface area (Å²) in [4.78, 5) is 0. The zero-order valence-corrected chi connectivity index (χ0v) is 10.7. The number of rotatable bonds is 0. The summed E-state index contributed by atoms with van der Waals surface area (Å²) in [7, 11) is 0. The summed E-state index contributed by atoms with van der Waals surface area (Å²) in [5.74, 6) is -7.50. The van der Waals surface area contributed by atoms with Crippen LogP contribution in [-0.4, -0.2) is 17.5 Å². The Balaban J connectivity index is 2.16. The fourth-order valence-electron chi connectivity index (χ4n) is 3.80. The van der Waals surface area contributed by atoms with Gasteiger partial charge in [-0.2, -0.15) is 0 Å². The van der Waals surface area contributed by atoms with Crippen molar-refractivity contribution in [1.29, 1.82) is 0 Å². The van der Waals surface area contributed by atoms with Gasteiger partial charge in [-0.05, 0) is 24.8 Å². The highest BCUT2D eigenvalue weighted by Gasteiger charge is 2.78. The van der Waals surface area contributed by atoms with Gasteiger partial charge < -0.3 is 0 Å². The Labute approximate surface area is 112 Å². The van der Waals surface area contributed by atoms with Crippen molar-refractivity contribution in [2.75, 3.05) is 0 Å². The maximum absolute atomic E-state index is 14.9. The van der Waals surface area contributed by atoms with E-state index in [0.29, 0.717) is 12.8 Å². The van der Waals surface area contributed by atoms with E-state index in [1.807, 2.05) is 0 Å². The second kappa shape index (κ2) is 4.28. The summed E-state index contributed by atoms with van der Waals surface area (Å²) in [5.41, 5.74) is -7.64. The first kappa shape index (κ1) is 14.0. The predicted molar refractivity (Wildman–Crippen MR) is 61.1 cm³/mol. The molecule has 0 saturated heterocycles. The van der Waals surface area contributed by atoms with E-state index in [1.54, 1.807) is 0 Å². The molecule has 1 saturated carbocycles. The highest BCUT2D eigenvalue weighted by Crippen LogP contribution is 2.66. The molecule has 0 aromatic rings. The lowest BCUT2D eigenvalue weighted by Crippen LogP contribution is -2.51. The molecule has 6 heteroatoms. The molecule has 3 rings (SSSR count). The average molecular weight is 296 g/mol. The smallest absolute Gasteiger partial charge is 0.236 e. The van der Waals surface area contributed by atoms with Crippen LogP contribution in [0.15, 0.2) is 23.1 Å². The summed E-state index contributed by atoms with van der Waals surface area (Å²) in [6.07, 6.45) is -0.541.